The number of hydrogen-bond acceptors (Lipinski definition) is 4. The molecule has 0 heterocycles. The molecule has 0 saturated heterocycles. The third kappa shape index (κ3) is 4.61. The number of amides is 1. The van der Waals surface area contributed by atoms with Crippen LogP contribution in [0, 0.1) is 0 Å². The molecule has 9 heteroatoms. The minimum Gasteiger partial charge on any atom is -0.507 e. The molecule has 2 rings (SSSR count). The lowest BCUT2D eigenvalue weighted by molar-refractivity contribution is 0.0952. The molecule has 0 spiro atoms. The van der Waals surface area contributed by atoms with Crippen LogP contribution < -0.4 is 11.3 Å². The third-order valence-electron chi connectivity index (χ3n) is 2.27. The van der Waals surface area contributed by atoms with E-state index in [4.69, 9.17) is 25.1 Å². The number of nitrogens with one attached hydrogen (secondary N) is 1. The molecule has 1 amide bonds. The van der Waals surface area contributed by atoms with E-state index in [2.05, 4.69) is 0 Å². The van der Waals surface area contributed by atoms with Gasteiger partial charge in [-0.25, -0.2) is 10.4 Å². The van der Waals surface area contributed by atoms with Crippen molar-refractivity contribution in [3.05, 3.63) is 42.0 Å². The van der Waals surface area contributed by atoms with Crippen molar-refractivity contribution in [2.24, 2.45) is 5.84 Å². The molecule has 0 aliphatic rings. The lowest BCUT2D eigenvalue weighted by Gasteiger charge is -2.06. The van der Waals surface area contributed by atoms with E-state index < -0.39 is 13.7 Å². The van der Waals surface area contributed by atoms with E-state index in [9.17, 15) is 9.90 Å². The molecular weight excluding hydrogens is 287 g/mol. The molecule has 108 valence electrons. The fraction of sp³-hybridized carbons (Fsp3) is 0. The first-order chi connectivity index (χ1) is 9.24. The zero-order chi connectivity index (χ0) is 15.3. The Morgan fingerprint density at radius 1 is 1.10 bits per heavy atom. The number of phenols is 1. The first kappa shape index (κ1) is 16.1. The Balaban J connectivity index is 0.000000347. The van der Waals surface area contributed by atoms with Crippen molar-refractivity contribution in [2.75, 3.05) is 0 Å². The van der Waals surface area contributed by atoms with Crippen LogP contribution in [0.15, 0.2) is 36.4 Å². The van der Waals surface area contributed by atoms with Crippen molar-refractivity contribution < 1.29 is 29.1 Å². The average Bonchev–Trinajstić information content (AvgIpc) is 2.36. The molecule has 2 aromatic rings. The first-order valence-corrected chi connectivity index (χ1v) is 6.80. The summed E-state index contributed by atoms with van der Waals surface area (Å²) in [6, 6.07) is 10.5. The van der Waals surface area contributed by atoms with Crippen molar-refractivity contribution in [2.45, 2.75) is 0 Å². The largest absolute Gasteiger partial charge is 0.507 e. The van der Waals surface area contributed by atoms with Crippen molar-refractivity contribution in [3.63, 3.8) is 0 Å². The molecule has 7 N–H and O–H groups in total. The van der Waals surface area contributed by atoms with Crippen LogP contribution in [0.25, 0.3) is 10.8 Å². The number of phosphoric acid groups is 1. The van der Waals surface area contributed by atoms with Gasteiger partial charge in [-0.05, 0) is 16.8 Å². The Bertz CT molecular complexity index is 661. The number of hydrazine groups is 1. The Labute approximate surface area is 113 Å². The maximum Gasteiger partial charge on any atom is 0.466 e. The molecule has 2 aromatic carbocycles. The summed E-state index contributed by atoms with van der Waals surface area (Å²) in [4.78, 5) is 33.0. The van der Waals surface area contributed by atoms with E-state index in [1.54, 1.807) is 18.2 Å². The second kappa shape index (κ2) is 6.47. The standard InChI is InChI=1S/C11H10N2O2.H3O4P/c12-13-11(15)10-8-4-2-1-3-7(8)5-6-9(10)14;1-5(2,3)4/h1-6,14H,12H2,(H,13,15);(H3,1,2,3,4). The van der Waals surface area contributed by atoms with Crippen LogP contribution in [0.3, 0.4) is 0 Å². The third-order valence-corrected chi connectivity index (χ3v) is 2.27. The number of rotatable bonds is 1. The highest BCUT2D eigenvalue weighted by molar-refractivity contribution is 7.45. The maximum absolute atomic E-state index is 11.5. The summed E-state index contributed by atoms with van der Waals surface area (Å²) in [6.45, 7) is 0. The molecule has 8 nitrogen and oxygen atoms in total. The number of hydrogen-bond donors (Lipinski definition) is 6. The predicted molar refractivity (Wildman–Crippen MR) is 71.5 cm³/mol. The lowest BCUT2D eigenvalue weighted by atomic mass is 10.0. The lowest BCUT2D eigenvalue weighted by Crippen LogP contribution is -2.30. The predicted octanol–water partition coefficient (Wildman–Crippen LogP) is 0.220. The summed E-state index contributed by atoms with van der Waals surface area (Å²) >= 11 is 0. The summed E-state index contributed by atoms with van der Waals surface area (Å²) in [6.07, 6.45) is 0. The Morgan fingerprint density at radius 3 is 2.20 bits per heavy atom. The quantitative estimate of drug-likeness (QED) is 0.190. The highest BCUT2D eigenvalue weighted by atomic mass is 31.2. The number of carbonyl (C=O) groups excluding carboxylic acids is 1. The van der Waals surface area contributed by atoms with Gasteiger partial charge < -0.3 is 19.8 Å². The monoisotopic (exact) mass is 300 g/mol. The summed E-state index contributed by atoms with van der Waals surface area (Å²) in [5, 5.41) is 11.2. The molecule has 0 aliphatic heterocycles. The molecule has 0 aromatic heterocycles. The molecule has 0 aliphatic carbocycles. The van der Waals surface area contributed by atoms with Crippen LogP contribution in [-0.4, -0.2) is 25.7 Å². The van der Waals surface area contributed by atoms with Crippen molar-refractivity contribution in [1.82, 2.24) is 5.43 Å². The molecule has 0 atom stereocenters. The minimum absolute atomic E-state index is 0.0725. The summed E-state index contributed by atoms with van der Waals surface area (Å²) in [5.41, 5.74) is 2.22. The van der Waals surface area contributed by atoms with Gasteiger partial charge in [-0.3, -0.25) is 10.2 Å². The first-order valence-electron chi connectivity index (χ1n) is 5.24. The number of fused-ring (bicyclic) bond motifs is 1. The fourth-order valence-electron chi connectivity index (χ4n) is 1.57. The molecule has 0 bridgehead atoms. The summed E-state index contributed by atoms with van der Waals surface area (Å²) in [7, 11) is -4.64. The number of benzene rings is 2. The van der Waals surface area contributed by atoms with E-state index >= 15 is 0 Å². The van der Waals surface area contributed by atoms with Crippen molar-refractivity contribution in [1.29, 1.82) is 0 Å². The van der Waals surface area contributed by atoms with Crippen molar-refractivity contribution in [3.8, 4) is 5.75 Å². The van der Waals surface area contributed by atoms with E-state index in [0.717, 1.165) is 5.39 Å². The Kier molecular flexibility index (Phi) is 5.20. The Morgan fingerprint density at radius 2 is 1.65 bits per heavy atom. The highest BCUT2D eigenvalue weighted by Crippen LogP contribution is 2.26. The van der Waals surface area contributed by atoms with Gasteiger partial charge >= 0.3 is 7.82 Å². The molecule has 0 fully saturated rings. The van der Waals surface area contributed by atoms with Gasteiger partial charge in [0.1, 0.15) is 5.75 Å². The van der Waals surface area contributed by atoms with E-state index in [0.29, 0.717) is 5.39 Å². The Hall–Kier alpha value is -1.96. The topological polar surface area (TPSA) is 153 Å². The number of carbonyl (C=O) groups is 1. The smallest absolute Gasteiger partial charge is 0.466 e. The second-order valence-electron chi connectivity index (χ2n) is 3.67. The fourth-order valence-corrected chi connectivity index (χ4v) is 1.57. The number of nitrogens with two attached hydrogens (primary N) is 1. The van der Waals surface area contributed by atoms with Gasteiger partial charge in [-0.2, -0.15) is 0 Å². The molecule has 0 saturated carbocycles. The van der Waals surface area contributed by atoms with Gasteiger partial charge in [0, 0.05) is 0 Å². The zero-order valence-corrected chi connectivity index (χ0v) is 11.0. The van der Waals surface area contributed by atoms with E-state index in [-0.39, 0.29) is 11.3 Å². The van der Waals surface area contributed by atoms with Crippen LogP contribution in [0.4, 0.5) is 0 Å². The number of nitrogen functional groups attached to an aromatic ring is 1. The number of aromatic hydroxyl groups is 1. The minimum atomic E-state index is -4.64. The molecular formula is C11H13N2O6P. The highest BCUT2D eigenvalue weighted by Gasteiger charge is 2.13. The van der Waals surface area contributed by atoms with E-state index in [1.165, 1.54) is 6.07 Å². The van der Waals surface area contributed by atoms with Crippen LogP contribution >= 0.6 is 7.82 Å². The maximum atomic E-state index is 11.5. The average molecular weight is 300 g/mol. The van der Waals surface area contributed by atoms with Gasteiger partial charge in [-0.1, -0.05) is 30.3 Å². The van der Waals surface area contributed by atoms with Crippen LogP contribution in [0.5, 0.6) is 5.75 Å². The zero-order valence-electron chi connectivity index (χ0n) is 10.1. The summed E-state index contributed by atoms with van der Waals surface area (Å²) < 4.78 is 8.88. The molecule has 20 heavy (non-hydrogen) atoms. The van der Waals surface area contributed by atoms with Crippen LogP contribution in [-0.2, 0) is 4.57 Å². The van der Waals surface area contributed by atoms with Gasteiger partial charge in [0.25, 0.3) is 5.91 Å². The van der Waals surface area contributed by atoms with Crippen molar-refractivity contribution >= 4 is 24.5 Å². The van der Waals surface area contributed by atoms with Gasteiger partial charge in [0.05, 0.1) is 5.56 Å². The molecule has 0 unspecified atom stereocenters. The number of phenolic OH excluding ortho intramolecular Hbond substituents is 1. The summed E-state index contributed by atoms with van der Waals surface area (Å²) in [5.74, 6) is 4.48. The SMILES string of the molecule is NNC(=O)c1c(O)ccc2ccccc12.O=P(O)(O)O. The molecule has 0 radical (unpaired) electrons. The van der Waals surface area contributed by atoms with Crippen LogP contribution in [0.2, 0.25) is 0 Å². The van der Waals surface area contributed by atoms with Gasteiger partial charge in [-0.15, -0.1) is 0 Å². The van der Waals surface area contributed by atoms with Crippen LogP contribution in [0.1, 0.15) is 10.4 Å². The normalized spacial score (nSPS) is 10.6. The second-order valence-corrected chi connectivity index (χ2v) is 4.69. The van der Waals surface area contributed by atoms with E-state index in [1.807, 2.05) is 17.6 Å². The van der Waals surface area contributed by atoms with Gasteiger partial charge in [0.2, 0.25) is 0 Å². The van der Waals surface area contributed by atoms with Gasteiger partial charge in [0.15, 0.2) is 0 Å².